The minimum absolute atomic E-state index is 0.0629. The lowest BCUT2D eigenvalue weighted by Crippen LogP contribution is -2.36. The molecule has 2 N–H and O–H groups in total. The molecular weight excluding hydrogens is 256 g/mol. The average Bonchev–Trinajstić information content (AvgIpc) is 2.42. The van der Waals surface area contributed by atoms with Gasteiger partial charge in [0.2, 0.25) is 5.91 Å². The summed E-state index contributed by atoms with van der Waals surface area (Å²) in [4.78, 5) is 24.9. The van der Waals surface area contributed by atoms with Crippen LogP contribution in [0.25, 0.3) is 0 Å². The van der Waals surface area contributed by atoms with E-state index in [0.717, 1.165) is 5.56 Å². The lowest BCUT2D eigenvalue weighted by atomic mass is 10.0. The Morgan fingerprint density at radius 2 is 2.05 bits per heavy atom. The van der Waals surface area contributed by atoms with Crippen LogP contribution in [0.3, 0.4) is 0 Å². The Hall–Kier alpha value is -2.32. The van der Waals surface area contributed by atoms with Gasteiger partial charge in [0.25, 0.3) is 5.91 Å². The van der Waals surface area contributed by atoms with Crippen LogP contribution < -0.4 is 5.32 Å². The van der Waals surface area contributed by atoms with Crippen molar-refractivity contribution in [2.45, 2.75) is 6.92 Å². The minimum atomic E-state index is -0.359. The van der Waals surface area contributed by atoms with Crippen LogP contribution in [0.2, 0.25) is 0 Å². The largest absolute Gasteiger partial charge is 0.384 e. The van der Waals surface area contributed by atoms with Crippen molar-refractivity contribution in [3.63, 3.8) is 0 Å². The summed E-state index contributed by atoms with van der Waals surface area (Å²) in [5, 5.41) is 11.3. The van der Waals surface area contributed by atoms with E-state index in [4.69, 9.17) is 5.11 Å². The van der Waals surface area contributed by atoms with Crippen molar-refractivity contribution in [3.05, 3.63) is 34.9 Å². The molecular formula is C15H18N2O3. The van der Waals surface area contributed by atoms with E-state index in [-0.39, 0.29) is 25.0 Å². The second kappa shape index (κ2) is 7.31. The van der Waals surface area contributed by atoms with E-state index in [1.807, 2.05) is 6.92 Å². The fraction of sp³-hybridized carbons (Fsp3) is 0.333. The lowest BCUT2D eigenvalue weighted by Gasteiger charge is -2.11. The smallest absolute Gasteiger partial charge is 0.252 e. The molecule has 0 unspecified atom stereocenters. The summed E-state index contributed by atoms with van der Waals surface area (Å²) in [5.74, 6) is 4.71. The van der Waals surface area contributed by atoms with E-state index in [0.29, 0.717) is 11.1 Å². The summed E-state index contributed by atoms with van der Waals surface area (Å²) in [5.41, 5.74) is 1.89. The normalized spacial score (nSPS) is 9.40. The van der Waals surface area contributed by atoms with Crippen molar-refractivity contribution < 1.29 is 14.7 Å². The molecule has 0 heterocycles. The molecule has 0 aliphatic carbocycles. The molecule has 1 aromatic carbocycles. The molecule has 0 bridgehead atoms. The molecule has 20 heavy (non-hydrogen) atoms. The van der Waals surface area contributed by atoms with Gasteiger partial charge in [-0.2, -0.15) is 0 Å². The summed E-state index contributed by atoms with van der Waals surface area (Å²) in [6, 6.07) is 5.23. The number of hydrogen-bond donors (Lipinski definition) is 2. The molecule has 5 heteroatoms. The van der Waals surface area contributed by atoms with Gasteiger partial charge >= 0.3 is 0 Å². The van der Waals surface area contributed by atoms with E-state index in [2.05, 4.69) is 17.2 Å². The molecule has 0 saturated heterocycles. The monoisotopic (exact) mass is 274 g/mol. The van der Waals surface area contributed by atoms with Crippen molar-refractivity contribution in [1.82, 2.24) is 10.2 Å². The van der Waals surface area contributed by atoms with Crippen LogP contribution in [0.4, 0.5) is 0 Å². The number of amides is 2. The number of likely N-dealkylation sites (N-methyl/N-ethyl adjacent to an activating group) is 1. The average molecular weight is 274 g/mol. The number of hydrogen-bond acceptors (Lipinski definition) is 3. The van der Waals surface area contributed by atoms with Crippen molar-refractivity contribution in [1.29, 1.82) is 0 Å². The molecule has 0 aromatic heterocycles. The number of nitrogens with zero attached hydrogens (tertiary/aromatic N) is 1. The Balaban J connectivity index is 2.90. The van der Waals surface area contributed by atoms with Gasteiger partial charge in [0.05, 0.1) is 12.1 Å². The Morgan fingerprint density at radius 1 is 1.35 bits per heavy atom. The van der Waals surface area contributed by atoms with Gasteiger partial charge in [0, 0.05) is 19.7 Å². The highest BCUT2D eigenvalue weighted by Crippen LogP contribution is 2.10. The number of carbonyl (C=O) groups is 2. The predicted molar refractivity (Wildman–Crippen MR) is 76.2 cm³/mol. The number of carbonyl (C=O) groups excluding carboxylic acids is 2. The maximum absolute atomic E-state index is 12.1. The van der Waals surface area contributed by atoms with Crippen LogP contribution >= 0.6 is 0 Å². The molecule has 1 rings (SSSR count). The summed E-state index contributed by atoms with van der Waals surface area (Å²) in [6.45, 7) is 1.56. The van der Waals surface area contributed by atoms with E-state index in [9.17, 15) is 9.59 Å². The quantitative estimate of drug-likeness (QED) is 0.771. The Kier molecular flexibility index (Phi) is 5.75. The predicted octanol–water partition coefficient (Wildman–Crippen LogP) is 0.157. The highest BCUT2D eigenvalue weighted by atomic mass is 16.2. The van der Waals surface area contributed by atoms with Gasteiger partial charge in [-0.3, -0.25) is 9.59 Å². The molecule has 0 aliphatic heterocycles. The van der Waals surface area contributed by atoms with Crippen LogP contribution in [0, 0.1) is 18.8 Å². The van der Waals surface area contributed by atoms with E-state index >= 15 is 0 Å². The first-order chi connectivity index (χ1) is 9.45. The third-order valence-electron chi connectivity index (χ3n) is 2.62. The highest BCUT2D eigenvalue weighted by molar-refractivity contribution is 5.98. The highest BCUT2D eigenvalue weighted by Gasteiger charge is 2.12. The molecule has 0 aliphatic rings. The SMILES string of the molecule is Cc1ccc(C(=O)NCC(=O)N(C)C)c(C#CCO)c1. The van der Waals surface area contributed by atoms with Crippen LogP contribution in [0.15, 0.2) is 18.2 Å². The van der Waals surface area contributed by atoms with Crippen LogP contribution in [0.1, 0.15) is 21.5 Å². The van der Waals surface area contributed by atoms with Crippen LogP contribution in [-0.2, 0) is 4.79 Å². The lowest BCUT2D eigenvalue weighted by molar-refractivity contribution is -0.127. The Labute approximate surface area is 118 Å². The fourth-order valence-corrected chi connectivity index (χ4v) is 1.50. The number of aryl methyl sites for hydroxylation is 1. The summed E-state index contributed by atoms with van der Waals surface area (Å²) >= 11 is 0. The molecule has 0 atom stereocenters. The molecule has 2 amide bonds. The molecule has 0 fully saturated rings. The second-order valence-electron chi connectivity index (χ2n) is 4.48. The maximum Gasteiger partial charge on any atom is 0.252 e. The first-order valence-electron chi connectivity index (χ1n) is 6.14. The molecule has 0 spiro atoms. The summed E-state index contributed by atoms with van der Waals surface area (Å²) < 4.78 is 0. The molecule has 106 valence electrons. The van der Waals surface area contributed by atoms with Gasteiger partial charge < -0.3 is 15.3 Å². The summed E-state index contributed by atoms with van der Waals surface area (Å²) in [6.07, 6.45) is 0. The zero-order chi connectivity index (χ0) is 15.1. The number of benzene rings is 1. The van der Waals surface area contributed by atoms with Crippen LogP contribution in [-0.4, -0.2) is 49.1 Å². The van der Waals surface area contributed by atoms with Crippen molar-refractivity contribution in [2.75, 3.05) is 27.2 Å². The Bertz CT molecular complexity index is 568. The van der Waals surface area contributed by atoms with Crippen molar-refractivity contribution in [3.8, 4) is 11.8 Å². The van der Waals surface area contributed by atoms with Crippen LogP contribution in [0.5, 0.6) is 0 Å². The molecule has 5 nitrogen and oxygen atoms in total. The van der Waals surface area contributed by atoms with E-state index in [1.165, 1.54) is 4.90 Å². The summed E-state index contributed by atoms with van der Waals surface area (Å²) in [7, 11) is 3.25. The zero-order valence-electron chi connectivity index (χ0n) is 11.9. The van der Waals surface area contributed by atoms with Gasteiger partial charge in [-0.25, -0.2) is 0 Å². The third kappa shape index (κ3) is 4.41. The standard InChI is InChI=1S/C15H18N2O3/c1-11-6-7-13(12(9-11)5-4-8-18)15(20)16-10-14(19)17(2)3/h6-7,9,18H,8,10H2,1-3H3,(H,16,20). The minimum Gasteiger partial charge on any atom is -0.384 e. The first-order valence-corrected chi connectivity index (χ1v) is 6.14. The van der Waals surface area contributed by atoms with E-state index in [1.54, 1.807) is 32.3 Å². The number of aliphatic hydroxyl groups is 1. The van der Waals surface area contributed by atoms with Gasteiger partial charge in [-0.15, -0.1) is 0 Å². The molecule has 0 radical (unpaired) electrons. The molecule has 0 saturated carbocycles. The number of aliphatic hydroxyl groups excluding tert-OH is 1. The van der Waals surface area contributed by atoms with E-state index < -0.39 is 0 Å². The first kappa shape index (κ1) is 15.7. The van der Waals surface area contributed by atoms with Gasteiger partial charge in [-0.1, -0.05) is 17.9 Å². The molecule has 1 aromatic rings. The number of nitrogens with one attached hydrogen (secondary N) is 1. The zero-order valence-corrected chi connectivity index (χ0v) is 11.9. The van der Waals surface area contributed by atoms with Crippen molar-refractivity contribution >= 4 is 11.8 Å². The van der Waals surface area contributed by atoms with Gasteiger partial charge in [0.1, 0.15) is 6.61 Å². The van der Waals surface area contributed by atoms with Gasteiger partial charge in [-0.05, 0) is 24.6 Å². The maximum atomic E-state index is 12.1. The Morgan fingerprint density at radius 3 is 2.65 bits per heavy atom. The van der Waals surface area contributed by atoms with Crippen molar-refractivity contribution in [2.24, 2.45) is 0 Å². The number of rotatable bonds is 3. The fourth-order valence-electron chi connectivity index (χ4n) is 1.50. The topological polar surface area (TPSA) is 69.6 Å². The third-order valence-corrected chi connectivity index (χ3v) is 2.62. The second-order valence-corrected chi connectivity index (χ2v) is 4.48. The van der Waals surface area contributed by atoms with Gasteiger partial charge in [0.15, 0.2) is 0 Å².